The number of carboxylic acids is 1. The van der Waals surface area contributed by atoms with Gasteiger partial charge in [0.2, 0.25) is 5.91 Å². The lowest BCUT2D eigenvalue weighted by molar-refractivity contribution is -0.147. The Morgan fingerprint density at radius 3 is 1.40 bits per heavy atom. The number of phosphoric acid groups is 1. The summed E-state index contributed by atoms with van der Waals surface area (Å²) >= 11 is 0. The van der Waals surface area contributed by atoms with Gasteiger partial charge in [0, 0.05) is 12.8 Å². The number of ether oxygens (including phenoxy) is 1. The largest absolute Gasteiger partial charge is 0.480 e. The molecule has 11 nitrogen and oxygen atoms in total. The molecule has 358 valence electrons. The molecule has 12 heteroatoms. The van der Waals surface area contributed by atoms with Gasteiger partial charge in [0.25, 0.3) is 0 Å². The molecule has 3 atom stereocenters. The van der Waals surface area contributed by atoms with Crippen LogP contribution >= 0.6 is 7.82 Å². The third-order valence-electron chi connectivity index (χ3n) is 10.3. The summed E-state index contributed by atoms with van der Waals surface area (Å²) in [5, 5.41) is 21.9. The Morgan fingerprint density at radius 2 is 0.935 bits per heavy atom. The molecule has 0 aromatic carbocycles. The second-order valence-corrected chi connectivity index (χ2v) is 17.7. The number of hydrogen-bond donors (Lipinski definition) is 4. The zero-order valence-corrected chi connectivity index (χ0v) is 39.8. The molecule has 0 aliphatic carbocycles. The van der Waals surface area contributed by atoms with E-state index in [0.717, 1.165) is 70.6 Å². The quantitative estimate of drug-likeness (QED) is 0.0200. The van der Waals surface area contributed by atoms with E-state index in [1.165, 1.54) is 96.3 Å². The summed E-state index contributed by atoms with van der Waals surface area (Å²) in [6.45, 7) is 2.47. The van der Waals surface area contributed by atoms with E-state index in [-0.39, 0.29) is 12.8 Å². The van der Waals surface area contributed by atoms with Crippen LogP contribution in [0, 0.1) is 0 Å². The number of aliphatic hydroxyl groups is 1. The number of rotatable bonds is 45. The van der Waals surface area contributed by atoms with Crippen molar-refractivity contribution < 1.29 is 47.8 Å². The molecule has 0 heterocycles. The van der Waals surface area contributed by atoms with Gasteiger partial charge >= 0.3 is 19.8 Å². The van der Waals surface area contributed by atoms with Crippen LogP contribution in [0.1, 0.15) is 206 Å². The first-order chi connectivity index (χ1) is 30.1. The van der Waals surface area contributed by atoms with Crippen molar-refractivity contribution in [3.63, 3.8) is 0 Å². The highest BCUT2D eigenvalue weighted by molar-refractivity contribution is 7.47. The molecule has 0 saturated carbocycles. The maximum Gasteiger partial charge on any atom is 0.472 e. The minimum atomic E-state index is -4.77. The Morgan fingerprint density at radius 1 is 0.532 bits per heavy atom. The molecule has 0 bridgehead atoms. The molecule has 0 aromatic rings. The second-order valence-electron chi connectivity index (χ2n) is 16.3. The van der Waals surface area contributed by atoms with Gasteiger partial charge < -0.3 is 25.2 Å². The Bertz CT molecular complexity index is 1280. The van der Waals surface area contributed by atoms with Crippen molar-refractivity contribution in [3.8, 4) is 0 Å². The first kappa shape index (κ1) is 59.2. The lowest BCUT2D eigenvalue weighted by Crippen LogP contribution is -2.43. The molecule has 0 rings (SSSR count). The molecule has 1 amide bonds. The maximum atomic E-state index is 12.4. The molecule has 62 heavy (non-hydrogen) atoms. The number of aliphatic carboxylic acids is 1. The maximum absolute atomic E-state index is 12.4. The number of esters is 1. The van der Waals surface area contributed by atoms with Crippen molar-refractivity contribution in [2.45, 2.75) is 219 Å². The molecular weight excluding hydrogens is 806 g/mol. The normalized spacial score (nSPS) is 14.1. The van der Waals surface area contributed by atoms with E-state index in [1.54, 1.807) is 0 Å². The minimum absolute atomic E-state index is 0.145. The van der Waals surface area contributed by atoms with Crippen LogP contribution in [0.3, 0.4) is 0 Å². The van der Waals surface area contributed by atoms with E-state index in [4.69, 9.17) is 13.8 Å². The number of phosphoric ester groups is 1. The number of nitrogens with one attached hydrogen (secondary N) is 1. The van der Waals surface area contributed by atoms with Crippen LogP contribution in [-0.2, 0) is 32.7 Å². The van der Waals surface area contributed by atoms with Crippen molar-refractivity contribution in [2.75, 3.05) is 19.8 Å². The van der Waals surface area contributed by atoms with Crippen molar-refractivity contribution in [2.24, 2.45) is 0 Å². The number of carbonyl (C=O) groups is 3. The van der Waals surface area contributed by atoms with Gasteiger partial charge in [-0.3, -0.25) is 18.6 Å². The van der Waals surface area contributed by atoms with E-state index >= 15 is 0 Å². The number of allylic oxidation sites excluding steroid dienone is 10. The zero-order chi connectivity index (χ0) is 45.6. The zero-order valence-electron chi connectivity index (χ0n) is 38.9. The summed E-state index contributed by atoms with van der Waals surface area (Å²) in [6, 6.07) is -1.55. The summed E-state index contributed by atoms with van der Waals surface area (Å²) in [5.41, 5.74) is 0. The number of carbonyl (C=O) groups excluding carboxylic acids is 2. The first-order valence-electron chi connectivity index (χ1n) is 24.3. The van der Waals surface area contributed by atoms with Gasteiger partial charge in [0.15, 0.2) is 6.04 Å². The van der Waals surface area contributed by atoms with Gasteiger partial charge in [0.1, 0.15) is 12.7 Å². The third-order valence-corrected chi connectivity index (χ3v) is 11.3. The Kier molecular flexibility index (Phi) is 42.7. The highest BCUT2D eigenvalue weighted by atomic mass is 31.2. The van der Waals surface area contributed by atoms with Crippen LogP contribution in [0.4, 0.5) is 0 Å². The SMILES string of the molecule is CC/C=C\C/C=C\C/C=C\C/C=C\C/C=C\CCCCCC(=O)OCC(O)COP(=O)(O)OCC(NC(=O)CCCCCCCCCCCCCCCCCCCCC)C(=O)O. The van der Waals surface area contributed by atoms with Crippen LogP contribution in [0.15, 0.2) is 60.8 Å². The molecule has 0 spiro atoms. The standard InChI is InChI=1S/C50H88NO10P/c1-3-5-7-9-11-13-15-17-19-21-23-25-27-29-31-33-35-37-39-41-48(53)51-47(50(55)56)45-61-62(57,58)60-44-46(52)43-59-49(54)42-40-38-36-34-32-30-28-26-24-22-20-18-16-14-12-10-8-6-4-2/h6,8,12,14,18,20,24,26,30,32,46-47,52H,3-5,7,9-11,13,15-17,19,21-23,25,27-29,31,33-45H2,1-2H3,(H,51,53)(H,55,56)(H,57,58)/b8-6-,14-12-,20-18-,26-24-,32-30-. The van der Waals surface area contributed by atoms with Crippen LogP contribution in [0.25, 0.3) is 0 Å². The topological polar surface area (TPSA) is 169 Å². The molecule has 4 N–H and O–H groups in total. The summed E-state index contributed by atoms with van der Waals surface area (Å²) in [5.74, 6) is -2.40. The molecule has 3 unspecified atom stereocenters. The van der Waals surface area contributed by atoms with Gasteiger partial charge in [-0.25, -0.2) is 9.36 Å². The van der Waals surface area contributed by atoms with Crippen LogP contribution in [0.5, 0.6) is 0 Å². The van der Waals surface area contributed by atoms with Crippen LogP contribution in [0.2, 0.25) is 0 Å². The van der Waals surface area contributed by atoms with Gasteiger partial charge in [-0.05, 0) is 57.8 Å². The lowest BCUT2D eigenvalue weighted by atomic mass is 10.0. The minimum Gasteiger partial charge on any atom is -0.480 e. The first-order valence-corrected chi connectivity index (χ1v) is 25.8. The average Bonchev–Trinajstić information content (AvgIpc) is 3.25. The number of aliphatic hydroxyl groups excluding tert-OH is 1. The molecule has 0 fully saturated rings. The van der Waals surface area contributed by atoms with Crippen molar-refractivity contribution >= 4 is 25.7 Å². The van der Waals surface area contributed by atoms with E-state index in [1.807, 2.05) is 0 Å². The summed E-state index contributed by atoms with van der Waals surface area (Å²) < 4.78 is 26.9. The molecule has 0 aliphatic heterocycles. The summed E-state index contributed by atoms with van der Waals surface area (Å²) in [6.07, 6.45) is 52.4. The van der Waals surface area contributed by atoms with Crippen molar-refractivity contribution in [3.05, 3.63) is 60.8 Å². The fourth-order valence-corrected chi connectivity index (χ4v) is 7.35. The Balaban J connectivity index is 3.90. The highest BCUT2D eigenvalue weighted by Crippen LogP contribution is 2.43. The van der Waals surface area contributed by atoms with E-state index in [9.17, 15) is 34.1 Å². The fourth-order valence-electron chi connectivity index (χ4n) is 6.58. The second kappa shape index (κ2) is 44.8. The molecule has 0 aromatic heterocycles. The monoisotopic (exact) mass is 894 g/mol. The molecule has 0 aliphatic rings. The summed E-state index contributed by atoms with van der Waals surface area (Å²) in [4.78, 5) is 46.1. The van der Waals surface area contributed by atoms with E-state index in [2.05, 4.69) is 79.9 Å². The van der Waals surface area contributed by atoms with Gasteiger partial charge in [-0.1, -0.05) is 197 Å². The Labute approximate surface area is 376 Å². The Hall–Kier alpha value is -2.82. The van der Waals surface area contributed by atoms with E-state index in [0.29, 0.717) is 12.8 Å². The fraction of sp³-hybridized carbons (Fsp3) is 0.740. The number of carboxylic acid groups (broad SMARTS) is 1. The molecule has 0 radical (unpaired) electrons. The number of unbranched alkanes of at least 4 members (excludes halogenated alkanes) is 21. The predicted octanol–water partition coefficient (Wildman–Crippen LogP) is 13.1. The lowest BCUT2D eigenvalue weighted by Gasteiger charge is -2.18. The van der Waals surface area contributed by atoms with Crippen LogP contribution in [-0.4, -0.2) is 64.9 Å². The summed E-state index contributed by atoms with van der Waals surface area (Å²) in [7, 11) is -4.77. The van der Waals surface area contributed by atoms with Gasteiger partial charge in [-0.15, -0.1) is 0 Å². The number of amides is 1. The highest BCUT2D eigenvalue weighted by Gasteiger charge is 2.28. The molecule has 0 saturated heterocycles. The smallest absolute Gasteiger partial charge is 0.472 e. The van der Waals surface area contributed by atoms with Gasteiger partial charge in [-0.2, -0.15) is 0 Å². The molecular formula is C50H88NO10P. The van der Waals surface area contributed by atoms with E-state index < -0.39 is 57.6 Å². The van der Waals surface area contributed by atoms with Gasteiger partial charge in [0.05, 0.1) is 13.2 Å². The van der Waals surface area contributed by atoms with Crippen molar-refractivity contribution in [1.29, 1.82) is 0 Å². The predicted molar refractivity (Wildman–Crippen MR) is 254 cm³/mol. The van der Waals surface area contributed by atoms with Crippen LogP contribution < -0.4 is 5.32 Å². The third kappa shape index (κ3) is 43.8. The number of hydrogen-bond acceptors (Lipinski definition) is 8. The average molecular weight is 894 g/mol. The van der Waals surface area contributed by atoms with Crippen molar-refractivity contribution in [1.82, 2.24) is 5.32 Å².